The van der Waals surface area contributed by atoms with E-state index < -0.39 is 21.9 Å². The molecule has 1 heterocycles. The zero-order chi connectivity index (χ0) is 20.9. The van der Waals surface area contributed by atoms with E-state index in [9.17, 15) is 17.6 Å². The number of hydrogen-bond acceptors (Lipinski definition) is 4. The van der Waals surface area contributed by atoms with Gasteiger partial charge < -0.3 is 10.1 Å². The maximum Gasteiger partial charge on any atom is 0.243 e. The zero-order valence-corrected chi connectivity index (χ0v) is 17.1. The molecule has 2 aromatic carbocycles. The number of halogens is 1. The van der Waals surface area contributed by atoms with Gasteiger partial charge in [-0.1, -0.05) is 6.42 Å². The lowest BCUT2D eigenvalue weighted by Gasteiger charge is -2.34. The topological polar surface area (TPSA) is 75.7 Å². The van der Waals surface area contributed by atoms with Crippen molar-refractivity contribution in [1.82, 2.24) is 4.31 Å². The van der Waals surface area contributed by atoms with Crippen molar-refractivity contribution in [3.8, 4) is 5.75 Å². The van der Waals surface area contributed by atoms with E-state index in [0.717, 1.165) is 25.0 Å². The van der Waals surface area contributed by atoms with E-state index in [-0.39, 0.29) is 17.2 Å². The second kappa shape index (κ2) is 9.37. The van der Waals surface area contributed by atoms with Crippen LogP contribution in [0, 0.1) is 5.82 Å². The van der Waals surface area contributed by atoms with E-state index >= 15 is 0 Å². The molecule has 0 aliphatic carbocycles. The van der Waals surface area contributed by atoms with Crippen LogP contribution in [0.5, 0.6) is 5.75 Å². The molecule has 2 aromatic rings. The van der Waals surface area contributed by atoms with Gasteiger partial charge in [0.25, 0.3) is 0 Å². The van der Waals surface area contributed by atoms with Crippen molar-refractivity contribution < 1.29 is 22.3 Å². The highest BCUT2D eigenvalue weighted by atomic mass is 32.2. The van der Waals surface area contributed by atoms with Gasteiger partial charge in [0.05, 0.1) is 11.5 Å². The molecule has 29 heavy (non-hydrogen) atoms. The normalized spacial score (nSPS) is 17.7. The maximum atomic E-state index is 13.2. The van der Waals surface area contributed by atoms with Crippen molar-refractivity contribution in [3.63, 3.8) is 0 Å². The fourth-order valence-corrected chi connectivity index (χ4v) is 5.16. The Hall–Kier alpha value is -2.45. The van der Waals surface area contributed by atoms with Crippen molar-refractivity contribution in [2.45, 2.75) is 43.5 Å². The van der Waals surface area contributed by atoms with Crippen molar-refractivity contribution in [2.24, 2.45) is 0 Å². The quantitative estimate of drug-likeness (QED) is 0.739. The zero-order valence-electron chi connectivity index (χ0n) is 16.3. The second-order valence-electron chi connectivity index (χ2n) is 6.93. The molecule has 1 aliphatic rings. The molecule has 1 amide bonds. The molecule has 1 fully saturated rings. The monoisotopic (exact) mass is 420 g/mol. The van der Waals surface area contributed by atoms with Crippen LogP contribution in [-0.4, -0.2) is 37.8 Å². The Morgan fingerprint density at radius 2 is 1.83 bits per heavy atom. The Kier molecular flexibility index (Phi) is 6.87. The SMILES string of the molecule is CCOc1ccc(NC(=O)C[C@H]2CCCCN2S(=O)(=O)c2ccc(F)cc2)cc1. The van der Waals surface area contributed by atoms with Gasteiger partial charge in [-0.05, 0) is 68.3 Å². The van der Waals surface area contributed by atoms with Gasteiger partial charge in [0.1, 0.15) is 11.6 Å². The van der Waals surface area contributed by atoms with Crippen LogP contribution in [0.25, 0.3) is 0 Å². The molecular formula is C21H25FN2O4S. The standard InChI is InChI=1S/C21H25FN2O4S/c1-2-28-19-10-8-17(9-11-19)23-21(25)15-18-5-3-4-14-24(18)29(26,27)20-12-6-16(22)7-13-20/h6-13,18H,2-5,14-15H2,1H3,(H,23,25)/t18-/m1/s1. The van der Waals surface area contributed by atoms with Gasteiger partial charge in [0.2, 0.25) is 15.9 Å². The highest BCUT2D eigenvalue weighted by Crippen LogP contribution is 2.27. The Morgan fingerprint density at radius 3 is 2.48 bits per heavy atom. The van der Waals surface area contributed by atoms with E-state index in [4.69, 9.17) is 4.74 Å². The Bertz CT molecular complexity index is 930. The van der Waals surface area contributed by atoms with Crippen LogP contribution in [0.3, 0.4) is 0 Å². The first-order valence-corrected chi connectivity index (χ1v) is 11.1. The van der Waals surface area contributed by atoms with Gasteiger partial charge in [0, 0.05) is 24.7 Å². The lowest BCUT2D eigenvalue weighted by Crippen LogP contribution is -2.45. The average Bonchev–Trinajstić information content (AvgIpc) is 2.70. The van der Waals surface area contributed by atoms with E-state index in [0.29, 0.717) is 31.0 Å². The molecule has 0 saturated carbocycles. The fraction of sp³-hybridized carbons (Fsp3) is 0.381. The predicted octanol–water partition coefficient (Wildman–Crippen LogP) is 3.80. The summed E-state index contributed by atoms with van der Waals surface area (Å²) < 4.78 is 45.9. The molecule has 8 heteroatoms. The first-order chi connectivity index (χ1) is 13.9. The predicted molar refractivity (Wildman–Crippen MR) is 109 cm³/mol. The third-order valence-electron chi connectivity index (χ3n) is 4.86. The number of nitrogens with zero attached hydrogens (tertiary/aromatic N) is 1. The molecule has 3 rings (SSSR count). The van der Waals surface area contributed by atoms with Crippen molar-refractivity contribution >= 4 is 21.6 Å². The van der Waals surface area contributed by atoms with Gasteiger partial charge >= 0.3 is 0 Å². The molecule has 0 radical (unpaired) electrons. The summed E-state index contributed by atoms with van der Waals surface area (Å²) in [6.07, 6.45) is 2.26. The van der Waals surface area contributed by atoms with Crippen LogP contribution in [0.15, 0.2) is 53.4 Å². The number of rotatable bonds is 7. The molecule has 1 N–H and O–H groups in total. The van der Waals surface area contributed by atoms with Gasteiger partial charge in [-0.2, -0.15) is 4.31 Å². The van der Waals surface area contributed by atoms with Crippen LogP contribution in [0.1, 0.15) is 32.6 Å². The molecule has 0 bridgehead atoms. The van der Waals surface area contributed by atoms with E-state index in [2.05, 4.69) is 5.32 Å². The summed E-state index contributed by atoms with van der Waals surface area (Å²) in [5, 5.41) is 2.81. The summed E-state index contributed by atoms with van der Waals surface area (Å²) in [5.74, 6) is -0.0245. The summed E-state index contributed by atoms with van der Waals surface area (Å²) in [7, 11) is -3.79. The lowest BCUT2D eigenvalue weighted by atomic mass is 10.0. The smallest absolute Gasteiger partial charge is 0.243 e. The number of benzene rings is 2. The number of nitrogens with one attached hydrogen (secondary N) is 1. The first-order valence-electron chi connectivity index (χ1n) is 9.70. The number of ether oxygens (including phenoxy) is 1. The minimum atomic E-state index is -3.79. The lowest BCUT2D eigenvalue weighted by molar-refractivity contribution is -0.117. The number of carbonyl (C=O) groups excluding carboxylic acids is 1. The van der Waals surface area contributed by atoms with Gasteiger partial charge in [-0.25, -0.2) is 12.8 Å². The van der Waals surface area contributed by atoms with Crippen molar-refractivity contribution in [1.29, 1.82) is 0 Å². The van der Waals surface area contributed by atoms with Crippen LogP contribution in [0.4, 0.5) is 10.1 Å². The van der Waals surface area contributed by atoms with Gasteiger partial charge in [-0.3, -0.25) is 4.79 Å². The van der Waals surface area contributed by atoms with Crippen molar-refractivity contribution in [2.75, 3.05) is 18.5 Å². The molecule has 0 aromatic heterocycles. The van der Waals surface area contributed by atoms with Gasteiger partial charge in [0.15, 0.2) is 0 Å². The Balaban J connectivity index is 1.69. The first kappa shape index (κ1) is 21.3. The average molecular weight is 421 g/mol. The summed E-state index contributed by atoms with van der Waals surface area (Å²) in [6.45, 7) is 2.80. The number of amides is 1. The van der Waals surface area contributed by atoms with E-state index in [1.807, 2.05) is 6.92 Å². The highest BCUT2D eigenvalue weighted by molar-refractivity contribution is 7.89. The summed E-state index contributed by atoms with van der Waals surface area (Å²) >= 11 is 0. The van der Waals surface area contributed by atoms with Crippen molar-refractivity contribution in [3.05, 3.63) is 54.3 Å². The number of piperidine rings is 1. The Labute approximate surface area is 170 Å². The molecule has 6 nitrogen and oxygen atoms in total. The molecule has 0 spiro atoms. The van der Waals surface area contributed by atoms with Gasteiger partial charge in [-0.15, -0.1) is 0 Å². The molecule has 1 atom stereocenters. The second-order valence-corrected chi connectivity index (χ2v) is 8.82. The minimum absolute atomic E-state index is 0.0396. The van der Waals surface area contributed by atoms with Crippen LogP contribution < -0.4 is 10.1 Å². The molecular weight excluding hydrogens is 395 g/mol. The van der Waals surface area contributed by atoms with E-state index in [1.165, 1.54) is 16.4 Å². The van der Waals surface area contributed by atoms with Crippen LogP contribution >= 0.6 is 0 Å². The largest absolute Gasteiger partial charge is 0.494 e. The maximum absolute atomic E-state index is 13.2. The molecule has 1 aliphatic heterocycles. The molecule has 0 unspecified atom stereocenters. The third kappa shape index (κ3) is 5.33. The van der Waals surface area contributed by atoms with Crippen LogP contribution in [0.2, 0.25) is 0 Å². The number of hydrogen-bond donors (Lipinski definition) is 1. The highest BCUT2D eigenvalue weighted by Gasteiger charge is 2.34. The number of anilines is 1. The summed E-state index contributed by atoms with van der Waals surface area (Å²) in [6, 6.07) is 11.4. The summed E-state index contributed by atoms with van der Waals surface area (Å²) in [4.78, 5) is 12.6. The minimum Gasteiger partial charge on any atom is -0.494 e. The van der Waals surface area contributed by atoms with Crippen LogP contribution in [-0.2, 0) is 14.8 Å². The molecule has 1 saturated heterocycles. The third-order valence-corrected chi connectivity index (χ3v) is 6.83. The van der Waals surface area contributed by atoms with E-state index in [1.54, 1.807) is 24.3 Å². The molecule has 156 valence electrons. The fourth-order valence-electron chi connectivity index (χ4n) is 3.46. The summed E-state index contributed by atoms with van der Waals surface area (Å²) in [5.41, 5.74) is 0.627. The Morgan fingerprint density at radius 1 is 1.14 bits per heavy atom. The number of sulfonamides is 1. The number of carbonyl (C=O) groups is 1.